The van der Waals surface area contributed by atoms with Gasteiger partial charge in [0.1, 0.15) is 5.82 Å². The van der Waals surface area contributed by atoms with Gasteiger partial charge in [-0.2, -0.15) is 0 Å². The van der Waals surface area contributed by atoms with Crippen molar-refractivity contribution in [2.75, 3.05) is 24.6 Å². The first-order valence-electron chi connectivity index (χ1n) is 6.05. The lowest BCUT2D eigenvalue weighted by molar-refractivity contribution is 0.210. The zero-order valence-electron chi connectivity index (χ0n) is 10.1. The second kappa shape index (κ2) is 5.74. The minimum Gasteiger partial charge on any atom is -0.295 e. The van der Waals surface area contributed by atoms with Crippen LogP contribution in [0.4, 0.5) is 4.39 Å². The zero-order chi connectivity index (χ0) is 12.3. The molecule has 0 spiro atoms. The summed E-state index contributed by atoms with van der Waals surface area (Å²) < 4.78 is 24.2. The van der Waals surface area contributed by atoms with Crippen LogP contribution in [-0.2, 0) is 10.8 Å². The summed E-state index contributed by atoms with van der Waals surface area (Å²) in [5.74, 6) is 1.33. The van der Waals surface area contributed by atoms with Gasteiger partial charge in [-0.15, -0.1) is 0 Å². The number of rotatable bonds is 3. The molecule has 0 aliphatic carbocycles. The fraction of sp³-hybridized carbons (Fsp3) is 0.538. The third-order valence-electron chi connectivity index (χ3n) is 3.29. The Kier molecular flexibility index (Phi) is 4.29. The predicted octanol–water partition coefficient (Wildman–Crippen LogP) is 2.34. The van der Waals surface area contributed by atoms with Crippen molar-refractivity contribution in [3.05, 3.63) is 35.6 Å². The summed E-state index contributed by atoms with van der Waals surface area (Å²) in [6.45, 7) is 3.89. The van der Waals surface area contributed by atoms with Gasteiger partial charge in [0.05, 0.1) is 0 Å². The van der Waals surface area contributed by atoms with E-state index in [-0.39, 0.29) is 5.82 Å². The molecule has 2 rings (SSSR count). The van der Waals surface area contributed by atoms with E-state index in [0.29, 0.717) is 6.04 Å². The summed E-state index contributed by atoms with van der Waals surface area (Å²) in [6, 6.07) is 7.07. The molecule has 1 saturated heterocycles. The quantitative estimate of drug-likeness (QED) is 0.826. The first-order chi connectivity index (χ1) is 8.20. The molecule has 1 aliphatic heterocycles. The summed E-state index contributed by atoms with van der Waals surface area (Å²) in [5, 5.41) is 0. The van der Waals surface area contributed by atoms with Crippen molar-refractivity contribution in [2.45, 2.75) is 19.4 Å². The topological polar surface area (TPSA) is 20.3 Å². The number of hydrogen-bond donors (Lipinski definition) is 0. The maximum Gasteiger partial charge on any atom is 0.123 e. The van der Waals surface area contributed by atoms with Crippen LogP contribution in [0.25, 0.3) is 0 Å². The van der Waals surface area contributed by atoms with Crippen molar-refractivity contribution in [3.8, 4) is 0 Å². The standard InChI is InChI=1S/C13H18FNOS/c1-2-13(11-3-5-12(14)6-4-11)15-7-9-17(16)10-8-15/h3-6,13H,2,7-10H2,1H3/t13-/m0/s1. The molecule has 0 saturated carbocycles. The molecule has 2 nitrogen and oxygen atoms in total. The molecular weight excluding hydrogens is 237 g/mol. The van der Waals surface area contributed by atoms with Crippen molar-refractivity contribution >= 4 is 10.8 Å². The Morgan fingerprint density at radius 3 is 2.41 bits per heavy atom. The third kappa shape index (κ3) is 3.13. The maximum atomic E-state index is 12.9. The van der Waals surface area contributed by atoms with E-state index in [1.807, 2.05) is 12.1 Å². The summed E-state index contributed by atoms with van der Waals surface area (Å²) in [6.07, 6.45) is 0.998. The van der Waals surface area contributed by atoms with Crippen LogP contribution in [0.15, 0.2) is 24.3 Å². The van der Waals surface area contributed by atoms with Crippen LogP contribution in [0, 0.1) is 5.82 Å². The van der Waals surface area contributed by atoms with E-state index in [1.54, 1.807) is 0 Å². The summed E-state index contributed by atoms with van der Waals surface area (Å²) in [4.78, 5) is 2.36. The van der Waals surface area contributed by atoms with E-state index in [2.05, 4.69) is 11.8 Å². The number of nitrogens with zero attached hydrogens (tertiary/aromatic N) is 1. The zero-order valence-corrected chi connectivity index (χ0v) is 10.9. The van der Waals surface area contributed by atoms with E-state index in [1.165, 1.54) is 12.1 Å². The van der Waals surface area contributed by atoms with Crippen LogP contribution >= 0.6 is 0 Å². The average Bonchev–Trinajstić information content (AvgIpc) is 2.35. The number of benzene rings is 1. The molecule has 1 heterocycles. The van der Waals surface area contributed by atoms with Gasteiger partial charge in [-0.1, -0.05) is 19.1 Å². The second-order valence-corrected chi connectivity index (χ2v) is 6.06. The van der Waals surface area contributed by atoms with Crippen LogP contribution in [0.3, 0.4) is 0 Å². The minimum atomic E-state index is -0.641. The van der Waals surface area contributed by atoms with Crippen molar-refractivity contribution in [2.24, 2.45) is 0 Å². The maximum absolute atomic E-state index is 12.9. The summed E-state index contributed by atoms with van der Waals surface area (Å²) >= 11 is 0. The van der Waals surface area contributed by atoms with Crippen molar-refractivity contribution in [1.82, 2.24) is 4.90 Å². The Bertz CT molecular complexity index is 383. The molecule has 0 N–H and O–H groups in total. The highest BCUT2D eigenvalue weighted by Gasteiger charge is 2.23. The fourth-order valence-electron chi connectivity index (χ4n) is 2.35. The van der Waals surface area contributed by atoms with Gasteiger partial charge in [0.15, 0.2) is 0 Å². The lowest BCUT2D eigenvalue weighted by Crippen LogP contribution is -2.40. The van der Waals surface area contributed by atoms with E-state index >= 15 is 0 Å². The molecule has 1 fully saturated rings. The Hall–Kier alpha value is -0.740. The molecule has 0 aromatic heterocycles. The van der Waals surface area contributed by atoms with Gasteiger partial charge < -0.3 is 0 Å². The molecule has 1 aromatic rings. The lowest BCUT2D eigenvalue weighted by atomic mass is 10.0. The van der Waals surface area contributed by atoms with Crippen LogP contribution < -0.4 is 0 Å². The van der Waals surface area contributed by atoms with Gasteiger partial charge >= 0.3 is 0 Å². The van der Waals surface area contributed by atoms with Crippen LogP contribution in [-0.4, -0.2) is 33.7 Å². The van der Waals surface area contributed by atoms with Crippen LogP contribution in [0.1, 0.15) is 24.9 Å². The molecule has 1 aliphatic rings. The van der Waals surface area contributed by atoms with Crippen molar-refractivity contribution in [3.63, 3.8) is 0 Å². The van der Waals surface area contributed by atoms with Gasteiger partial charge in [0.2, 0.25) is 0 Å². The smallest absolute Gasteiger partial charge is 0.123 e. The van der Waals surface area contributed by atoms with Gasteiger partial charge in [-0.3, -0.25) is 9.11 Å². The first-order valence-corrected chi connectivity index (χ1v) is 7.54. The van der Waals surface area contributed by atoms with E-state index in [9.17, 15) is 8.60 Å². The Morgan fingerprint density at radius 2 is 1.88 bits per heavy atom. The van der Waals surface area contributed by atoms with Crippen LogP contribution in [0.5, 0.6) is 0 Å². The van der Waals surface area contributed by atoms with Crippen molar-refractivity contribution < 1.29 is 8.60 Å². The molecule has 0 unspecified atom stereocenters. The van der Waals surface area contributed by atoms with Gasteiger partial charge in [-0.05, 0) is 24.1 Å². The fourth-order valence-corrected chi connectivity index (χ4v) is 3.43. The molecule has 94 valence electrons. The molecule has 1 aromatic carbocycles. The monoisotopic (exact) mass is 255 g/mol. The number of hydrogen-bond acceptors (Lipinski definition) is 2. The van der Waals surface area contributed by atoms with Gasteiger partial charge in [0.25, 0.3) is 0 Å². The SMILES string of the molecule is CC[C@@H](c1ccc(F)cc1)N1CCS(=O)CC1. The predicted molar refractivity (Wildman–Crippen MR) is 68.9 cm³/mol. The van der Waals surface area contributed by atoms with E-state index in [0.717, 1.165) is 36.6 Å². The number of halogens is 1. The average molecular weight is 255 g/mol. The largest absolute Gasteiger partial charge is 0.295 e. The lowest BCUT2D eigenvalue weighted by Gasteiger charge is -2.34. The van der Waals surface area contributed by atoms with Gasteiger partial charge in [0, 0.05) is 41.4 Å². The third-order valence-corrected chi connectivity index (χ3v) is 4.57. The molecular formula is C13H18FNOS. The van der Waals surface area contributed by atoms with Crippen molar-refractivity contribution in [1.29, 1.82) is 0 Å². The first kappa shape index (κ1) is 12.7. The highest BCUT2D eigenvalue weighted by Crippen LogP contribution is 2.25. The normalized spacial score (nSPS) is 20.4. The highest BCUT2D eigenvalue weighted by molar-refractivity contribution is 7.85. The summed E-state index contributed by atoms with van der Waals surface area (Å²) in [5.41, 5.74) is 1.15. The molecule has 0 radical (unpaired) electrons. The van der Waals surface area contributed by atoms with Gasteiger partial charge in [-0.25, -0.2) is 4.39 Å². The molecule has 17 heavy (non-hydrogen) atoms. The Labute approximate surface area is 104 Å². The second-order valence-electron chi connectivity index (χ2n) is 4.36. The molecule has 1 atom stereocenters. The van der Waals surface area contributed by atoms with Crippen LogP contribution in [0.2, 0.25) is 0 Å². The van der Waals surface area contributed by atoms with E-state index < -0.39 is 10.8 Å². The molecule has 0 amide bonds. The Morgan fingerprint density at radius 1 is 1.29 bits per heavy atom. The summed E-state index contributed by atoms with van der Waals surface area (Å²) in [7, 11) is -0.641. The molecule has 0 bridgehead atoms. The molecule has 4 heteroatoms. The minimum absolute atomic E-state index is 0.191. The van der Waals surface area contributed by atoms with E-state index in [4.69, 9.17) is 0 Å². The highest BCUT2D eigenvalue weighted by atomic mass is 32.2. The Balaban J connectivity index is 2.10.